The lowest BCUT2D eigenvalue weighted by Gasteiger charge is -2.34. The Kier molecular flexibility index (Phi) is 4.31. The summed E-state index contributed by atoms with van der Waals surface area (Å²) in [6.07, 6.45) is 9.28. The van der Waals surface area contributed by atoms with E-state index in [2.05, 4.69) is 21.3 Å². The predicted molar refractivity (Wildman–Crippen MR) is 78.0 cm³/mol. The summed E-state index contributed by atoms with van der Waals surface area (Å²) in [5, 5.41) is 3.23. The van der Waals surface area contributed by atoms with Gasteiger partial charge in [-0.05, 0) is 37.3 Å². The number of carbonyl (C=O) groups excluding carboxylic acids is 1. The lowest BCUT2D eigenvalue weighted by molar-refractivity contribution is -0.128. The second-order valence-corrected chi connectivity index (χ2v) is 6.05. The highest BCUT2D eigenvalue weighted by molar-refractivity contribution is 5.79. The van der Waals surface area contributed by atoms with Gasteiger partial charge in [-0.3, -0.25) is 14.7 Å². The zero-order chi connectivity index (χ0) is 13.8. The van der Waals surface area contributed by atoms with Gasteiger partial charge >= 0.3 is 0 Å². The van der Waals surface area contributed by atoms with Crippen LogP contribution in [0.25, 0.3) is 0 Å². The number of rotatable bonds is 4. The SMILES string of the molecule is O=C(NC1CCN(Cc2cccnc2)CC1)C1CCC1. The number of amides is 1. The van der Waals surface area contributed by atoms with Gasteiger partial charge in [0.2, 0.25) is 5.91 Å². The van der Waals surface area contributed by atoms with Crippen LogP contribution in [0, 0.1) is 5.92 Å². The lowest BCUT2D eigenvalue weighted by Crippen LogP contribution is -2.47. The Morgan fingerprint density at radius 3 is 2.70 bits per heavy atom. The second kappa shape index (κ2) is 6.35. The van der Waals surface area contributed by atoms with Crippen LogP contribution in [0.5, 0.6) is 0 Å². The van der Waals surface area contributed by atoms with Gasteiger partial charge in [0.15, 0.2) is 0 Å². The molecule has 0 unspecified atom stereocenters. The van der Waals surface area contributed by atoms with Crippen molar-refractivity contribution in [2.75, 3.05) is 13.1 Å². The number of nitrogens with one attached hydrogen (secondary N) is 1. The standard InChI is InChI=1S/C16H23N3O/c20-16(14-4-1-5-14)18-15-6-9-19(10-7-15)12-13-3-2-8-17-11-13/h2-3,8,11,14-15H,1,4-7,9-10,12H2,(H,18,20). The highest BCUT2D eigenvalue weighted by Gasteiger charge is 2.28. The second-order valence-electron chi connectivity index (χ2n) is 6.05. The maximum Gasteiger partial charge on any atom is 0.223 e. The van der Waals surface area contributed by atoms with Gasteiger partial charge in [-0.2, -0.15) is 0 Å². The molecule has 2 heterocycles. The Morgan fingerprint density at radius 2 is 2.10 bits per heavy atom. The highest BCUT2D eigenvalue weighted by atomic mass is 16.2. The van der Waals surface area contributed by atoms with Gasteiger partial charge in [0.05, 0.1) is 0 Å². The van der Waals surface area contributed by atoms with Gasteiger partial charge in [-0.25, -0.2) is 0 Å². The molecule has 0 radical (unpaired) electrons. The number of pyridine rings is 1. The number of carbonyl (C=O) groups is 1. The number of hydrogen-bond donors (Lipinski definition) is 1. The average Bonchev–Trinajstić information content (AvgIpc) is 2.40. The van der Waals surface area contributed by atoms with Crippen molar-refractivity contribution in [3.05, 3.63) is 30.1 Å². The van der Waals surface area contributed by atoms with Gasteiger partial charge in [-0.15, -0.1) is 0 Å². The number of likely N-dealkylation sites (tertiary alicyclic amines) is 1. The molecule has 2 aliphatic rings. The van der Waals surface area contributed by atoms with E-state index in [1.165, 1.54) is 12.0 Å². The van der Waals surface area contributed by atoms with Crippen molar-refractivity contribution < 1.29 is 4.79 Å². The summed E-state index contributed by atoms with van der Waals surface area (Å²) in [5.41, 5.74) is 1.27. The molecule has 1 saturated carbocycles. The maximum atomic E-state index is 11.9. The van der Waals surface area contributed by atoms with E-state index in [1.807, 2.05) is 18.5 Å². The van der Waals surface area contributed by atoms with E-state index in [-0.39, 0.29) is 0 Å². The number of aromatic nitrogens is 1. The molecule has 0 aromatic carbocycles. The van der Waals surface area contributed by atoms with Crippen molar-refractivity contribution >= 4 is 5.91 Å². The summed E-state index contributed by atoms with van der Waals surface area (Å²) in [6.45, 7) is 3.09. The third-order valence-corrected chi connectivity index (χ3v) is 4.54. The minimum atomic E-state index is 0.293. The van der Waals surface area contributed by atoms with Crippen LogP contribution in [-0.4, -0.2) is 34.9 Å². The molecule has 1 aliphatic carbocycles. The monoisotopic (exact) mass is 273 g/mol. The first kappa shape index (κ1) is 13.6. The molecule has 0 atom stereocenters. The molecule has 1 N–H and O–H groups in total. The first-order valence-electron chi connectivity index (χ1n) is 7.73. The first-order chi connectivity index (χ1) is 9.81. The maximum absolute atomic E-state index is 11.9. The molecule has 1 amide bonds. The van der Waals surface area contributed by atoms with Gasteiger partial charge in [0, 0.05) is 44.0 Å². The predicted octanol–water partition coefficient (Wildman–Crippen LogP) is 1.96. The Labute approximate surface area is 120 Å². The number of piperidine rings is 1. The van der Waals surface area contributed by atoms with Crippen LogP contribution in [-0.2, 0) is 11.3 Å². The number of nitrogens with zero attached hydrogens (tertiary/aromatic N) is 2. The molecule has 108 valence electrons. The Morgan fingerprint density at radius 1 is 1.30 bits per heavy atom. The molecule has 0 spiro atoms. The van der Waals surface area contributed by atoms with Crippen LogP contribution in [0.1, 0.15) is 37.7 Å². The van der Waals surface area contributed by atoms with Crippen LogP contribution >= 0.6 is 0 Å². The van der Waals surface area contributed by atoms with Gasteiger partial charge in [-0.1, -0.05) is 12.5 Å². The van der Waals surface area contributed by atoms with Crippen molar-refractivity contribution in [3.8, 4) is 0 Å². The molecule has 1 aromatic rings. The van der Waals surface area contributed by atoms with Crippen LogP contribution in [0.15, 0.2) is 24.5 Å². The molecule has 1 aliphatic heterocycles. The fraction of sp³-hybridized carbons (Fsp3) is 0.625. The summed E-state index contributed by atoms with van der Waals surface area (Å²) in [5.74, 6) is 0.602. The van der Waals surface area contributed by atoms with Crippen molar-refractivity contribution in [2.24, 2.45) is 5.92 Å². The number of hydrogen-bond acceptors (Lipinski definition) is 3. The fourth-order valence-electron chi connectivity index (χ4n) is 2.97. The van der Waals surface area contributed by atoms with E-state index in [1.54, 1.807) is 0 Å². The molecular weight excluding hydrogens is 250 g/mol. The minimum Gasteiger partial charge on any atom is -0.353 e. The molecule has 4 nitrogen and oxygen atoms in total. The molecule has 4 heteroatoms. The quantitative estimate of drug-likeness (QED) is 0.912. The van der Waals surface area contributed by atoms with E-state index in [0.717, 1.165) is 45.3 Å². The van der Waals surface area contributed by atoms with Crippen LogP contribution in [0.3, 0.4) is 0 Å². The third-order valence-electron chi connectivity index (χ3n) is 4.54. The van der Waals surface area contributed by atoms with Crippen molar-refractivity contribution in [1.29, 1.82) is 0 Å². The summed E-state index contributed by atoms with van der Waals surface area (Å²) in [6, 6.07) is 4.49. The summed E-state index contributed by atoms with van der Waals surface area (Å²) in [4.78, 5) is 18.5. The van der Waals surface area contributed by atoms with E-state index >= 15 is 0 Å². The molecule has 2 fully saturated rings. The zero-order valence-corrected chi connectivity index (χ0v) is 11.9. The van der Waals surface area contributed by atoms with Gasteiger partial charge < -0.3 is 5.32 Å². The Bertz CT molecular complexity index is 436. The van der Waals surface area contributed by atoms with Gasteiger partial charge in [0.25, 0.3) is 0 Å². The lowest BCUT2D eigenvalue weighted by atomic mass is 9.84. The molecule has 1 saturated heterocycles. The fourth-order valence-corrected chi connectivity index (χ4v) is 2.97. The van der Waals surface area contributed by atoms with E-state index in [9.17, 15) is 4.79 Å². The van der Waals surface area contributed by atoms with Crippen LogP contribution in [0.4, 0.5) is 0 Å². The third kappa shape index (κ3) is 3.37. The molecule has 3 rings (SSSR count). The molecule has 0 bridgehead atoms. The first-order valence-corrected chi connectivity index (χ1v) is 7.73. The summed E-state index contributed by atoms with van der Waals surface area (Å²) in [7, 11) is 0. The smallest absolute Gasteiger partial charge is 0.223 e. The average molecular weight is 273 g/mol. The van der Waals surface area contributed by atoms with E-state index in [4.69, 9.17) is 0 Å². The highest BCUT2D eigenvalue weighted by Crippen LogP contribution is 2.26. The summed E-state index contributed by atoms with van der Waals surface area (Å²) >= 11 is 0. The Hall–Kier alpha value is -1.42. The molecule has 20 heavy (non-hydrogen) atoms. The molecule has 1 aromatic heterocycles. The van der Waals surface area contributed by atoms with E-state index in [0.29, 0.717) is 17.9 Å². The normalized spacial score (nSPS) is 21.4. The largest absolute Gasteiger partial charge is 0.353 e. The Balaban J connectivity index is 1.41. The van der Waals surface area contributed by atoms with Gasteiger partial charge in [0.1, 0.15) is 0 Å². The molecular formula is C16H23N3O. The summed E-state index contributed by atoms with van der Waals surface area (Å²) < 4.78 is 0. The van der Waals surface area contributed by atoms with Crippen molar-refractivity contribution in [2.45, 2.75) is 44.7 Å². The van der Waals surface area contributed by atoms with Crippen LogP contribution in [0.2, 0.25) is 0 Å². The zero-order valence-electron chi connectivity index (χ0n) is 11.9. The van der Waals surface area contributed by atoms with Crippen LogP contribution < -0.4 is 5.32 Å². The van der Waals surface area contributed by atoms with Crippen molar-refractivity contribution in [3.63, 3.8) is 0 Å². The van der Waals surface area contributed by atoms with E-state index < -0.39 is 0 Å². The topological polar surface area (TPSA) is 45.2 Å². The van der Waals surface area contributed by atoms with Crippen molar-refractivity contribution in [1.82, 2.24) is 15.2 Å². The minimum absolute atomic E-state index is 0.293.